The predicted molar refractivity (Wildman–Crippen MR) is 117 cm³/mol. The lowest BCUT2D eigenvalue weighted by Gasteiger charge is -2.31. The highest BCUT2D eigenvalue weighted by Crippen LogP contribution is 2.18. The molecule has 1 atom stereocenters. The van der Waals surface area contributed by atoms with Crippen molar-refractivity contribution in [3.8, 4) is 0 Å². The van der Waals surface area contributed by atoms with E-state index in [9.17, 15) is 4.79 Å². The minimum Gasteiger partial charge on any atom is -0.444 e. The van der Waals surface area contributed by atoms with Gasteiger partial charge in [-0.25, -0.2) is 4.79 Å². The zero-order valence-corrected chi connectivity index (χ0v) is 19.7. The molecule has 0 aliphatic rings. The summed E-state index contributed by atoms with van der Waals surface area (Å²) in [6, 6.07) is 0.298. The van der Waals surface area contributed by atoms with Gasteiger partial charge in [-0.05, 0) is 52.4 Å². The van der Waals surface area contributed by atoms with Gasteiger partial charge in [-0.2, -0.15) is 0 Å². The molecule has 0 heterocycles. The normalized spacial score (nSPS) is 10.8. The average Bonchev–Trinajstić information content (AvgIpc) is 2.60. The highest BCUT2D eigenvalue weighted by molar-refractivity contribution is 5.68. The van der Waals surface area contributed by atoms with Gasteiger partial charge in [-0.15, -0.1) is 6.58 Å². The van der Waals surface area contributed by atoms with Gasteiger partial charge in [0.25, 0.3) is 0 Å². The van der Waals surface area contributed by atoms with Gasteiger partial charge in [0.05, 0.1) is 0 Å². The molecule has 1 N–H and O–H groups in total. The maximum atomic E-state index is 12.0. The minimum atomic E-state index is -0.417. The van der Waals surface area contributed by atoms with Crippen LogP contribution < -0.4 is 0 Å². The van der Waals surface area contributed by atoms with E-state index >= 15 is 0 Å². The summed E-state index contributed by atoms with van der Waals surface area (Å²) in [5.74, 6) is 0.677. The molecule has 0 bridgehead atoms. The third kappa shape index (κ3) is 25.2. The van der Waals surface area contributed by atoms with Gasteiger partial charge in [0.2, 0.25) is 0 Å². The number of hydrogen-bond acceptors (Lipinski definition) is 3. The van der Waals surface area contributed by atoms with Crippen molar-refractivity contribution in [2.24, 2.45) is 5.92 Å². The van der Waals surface area contributed by atoms with Crippen LogP contribution in [-0.4, -0.2) is 41.9 Å². The highest BCUT2D eigenvalue weighted by atomic mass is 16.6. The molecule has 0 spiro atoms. The summed E-state index contributed by atoms with van der Waals surface area (Å²) in [7, 11) is 2.86. The Morgan fingerprint density at radius 2 is 1.54 bits per heavy atom. The molecule has 0 saturated carbocycles. The minimum absolute atomic E-state index is 0.204. The van der Waals surface area contributed by atoms with Gasteiger partial charge in [-0.1, -0.05) is 54.0 Å². The number of rotatable bonds is 7. The third-order valence-corrected chi connectivity index (χ3v) is 3.22. The van der Waals surface area contributed by atoms with E-state index in [1.54, 1.807) is 4.90 Å². The lowest BCUT2D eigenvalue weighted by molar-refractivity contribution is 0.0201. The highest BCUT2D eigenvalue weighted by Gasteiger charge is 2.24. The second-order valence-corrected chi connectivity index (χ2v) is 7.20. The van der Waals surface area contributed by atoms with Crippen molar-refractivity contribution >= 4 is 6.09 Å². The predicted octanol–water partition coefficient (Wildman–Crippen LogP) is 6.68. The van der Waals surface area contributed by atoms with E-state index in [-0.39, 0.29) is 6.09 Å². The number of allylic oxidation sites excluding steroid dienone is 1. The molecule has 1 amide bonds. The number of ether oxygens (including phenoxy) is 1. The topological polar surface area (TPSA) is 49.8 Å². The Morgan fingerprint density at radius 3 is 1.81 bits per heavy atom. The Labute approximate surface area is 165 Å². The van der Waals surface area contributed by atoms with Crippen molar-refractivity contribution in [2.75, 3.05) is 14.2 Å². The largest absolute Gasteiger partial charge is 0.444 e. The monoisotopic (exact) mass is 375 g/mol. The van der Waals surface area contributed by atoms with Gasteiger partial charge in [0, 0.05) is 20.2 Å². The Morgan fingerprint density at radius 1 is 1.12 bits per heavy atom. The van der Waals surface area contributed by atoms with Crippen LogP contribution in [-0.2, 0) is 4.74 Å². The number of carbonyl (C=O) groups excluding carboxylic acids is 1. The number of aliphatic hydroxyl groups excluding tert-OH is 1. The first-order valence-corrected chi connectivity index (χ1v) is 10.1. The van der Waals surface area contributed by atoms with Gasteiger partial charge in [-0.3, -0.25) is 0 Å². The second-order valence-electron chi connectivity index (χ2n) is 7.20. The maximum absolute atomic E-state index is 12.0. The molecular weight excluding hydrogens is 326 g/mol. The van der Waals surface area contributed by atoms with E-state index in [0.29, 0.717) is 12.0 Å². The summed E-state index contributed by atoms with van der Waals surface area (Å²) in [5.41, 5.74) is -0.417. The van der Waals surface area contributed by atoms with Crippen molar-refractivity contribution < 1.29 is 14.6 Å². The third-order valence-electron chi connectivity index (χ3n) is 3.22. The van der Waals surface area contributed by atoms with Crippen molar-refractivity contribution in [3.05, 3.63) is 12.7 Å². The molecule has 0 radical (unpaired) electrons. The number of carbonyl (C=O) groups is 1. The summed E-state index contributed by atoms with van der Waals surface area (Å²) in [6.45, 7) is 21.9. The van der Waals surface area contributed by atoms with Gasteiger partial charge in [0.15, 0.2) is 0 Å². The van der Waals surface area contributed by atoms with E-state index in [0.717, 1.165) is 39.2 Å². The second kappa shape index (κ2) is 22.0. The summed E-state index contributed by atoms with van der Waals surface area (Å²) in [6.07, 6.45) is 7.10. The van der Waals surface area contributed by atoms with Gasteiger partial charge < -0.3 is 14.7 Å². The van der Waals surface area contributed by atoms with Crippen LogP contribution in [0.25, 0.3) is 0 Å². The molecule has 0 rings (SSSR count). The van der Waals surface area contributed by atoms with E-state index in [1.807, 2.05) is 47.7 Å². The van der Waals surface area contributed by atoms with Crippen molar-refractivity contribution in [2.45, 2.75) is 106 Å². The standard InChI is InChI=1S/C15H31NO2.C4H8.C2H6.CH4O/c1-8-9-13(11-10-12(2)3)16(7)14(17)18-15(4,5)6;1-3-4-2;2*1-2/h12-13H,8-11H2,1-7H3;3H,1,4H2,2H3;1-2H3;2H,1H3. The first-order valence-electron chi connectivity index (χ1n) is 10.1. The molecule has 26 heavy (non-hydrogen) atoms. The molecule has 0 aliphatic carbocycles. The maximum Gasteiger partial charge on any atom is 0.410 e. The molecule has 0 aromatic carbocycles. The molecule has 160 valence electrons. The summed E-state index contributed by atoms with van der Waals surface area (Å²) >= 11 is 0. The van der Waals surface area contributed by atoms with E-state index in [1.165, 1.54) is 0 Å². The fourth-order valence-corrected chi connectivity index (χ4v) is 1.87. The molecule has 0 fully saturated rings. The zero-order chi connectivity index (χ0) is 21.8. The van der Waals surface area contributed by atoms with Crippen LogP contribution in [0.2, 0.25) is 0 Å². The quantitative estimate of drug-likeness (QED) is 0.505. The van der Waals surface area contributed by atoms with Crippen LogP contribution in [0.5, 0.6) is 0 Å². The molecular formula is C22H49NO3. The van der Waals surface area contributed by atoms with Crippen molar-refractivity contribution in [1.29, 1.82) is 0 Å². The lowest BCUT2D eigenvalue weighted by Crippen LogP contribution is -2.40. The van der Waals surface area contributed by atoms with Crippen LogP contribution in [0.3, 0.4) is 0 Å². The lowest BCUT2D eigenvalue weighted by atomic mass is 9.99. The van der Waals surface area contributed by atoms with Crippen LogP contribution >= 0.6 is 0 Å². The first kappa shape index (κ1) is 32.6. The molecule has 0 saturated heterocycles. The zero-order valence-electron chi connectivity index (χ0n) is 19.7. The summed E-state index contributed by atoms with van der Waals surface area (Å²) in [4.78, 5) is 13.8. The number of aliphatic hydroxyl groups is 1. The molecule has 1 unspecified atom stereocenters. The van der Waals surface area contributed by atoms with Gasteiger partial charge >= 0.3 is 6.09 Å². The van der Waals surface area contributed by atoms with Crippen LogP contribution in [0.1, 0.15) is 94.4 Å². The fourth-order valence-electron chi connectivity index (χ4n) is 1.87. The van der Waals surface area contributed by atoms with Crippen molar-refractivity contribution in [3.63, 3.8) is 0 Å². The average molecular weight is 376 g/mol. The smallest absolute Gasteiger partial charge is 0.410 e. The Bertz CT molecular complexity index is 296. The molecule has 0 aromatic rings. The SMILES string of the molecule is C=CCC.CC.CCCC(CCC(C)C)N(C)C(=O)OC(C)(C)C.CO. The number of amides is 1. The Hall–Kier alpha value is -1.03. The molecule has 0 aromatic heterocycles. The molecule has 4 nitrogen and oxygen atoms in total. The van der Waals surface area contributed by atoms with Crippen LogP contribution in [0, 0.1) is 5.92 Å². The summed E-state index contributed by atoms with van der Waals surface area (Å²) in [5, 5.41) is 7.00. The van der Waals surface area contributed by atoms with E-state index in [4.69, 9.17) is 9.84 Å². The Kier molecular flexibility index (Phi) is 27.6. The van der Waals surface area contributed by atoms with Crippen LogP contribution in [0.4, 0.5) is 4.79 Å². The molecule has 4 heteroatoms. The van der Waals surface area contributed by atoms with Crippen LogP contribution in [0.15, 0.2) is 12.7 Å². The van der Waals surface area contributed by atoms with Gasteiger partial charge in [0.1, 0.15) is 5.60 Å². The van der Waals surface area contributed by atoms with E-state index < -0.39 is 5.60 Å². The van der Waals surface area contributed by atoms with Crippen molar-refractivity contribution in [1.82, 2.24) is 4.90 Å². The Balaban J connectivity index is -0.000000258. The summed E-state index contributed by atoms with van der Waals surface area (Å²) < 4.78 is 5.42. The van der Waals surface area contributed by atoms with E-state index in [2.05, 4.69) is 34.3 Å². The number of nitrogens with zero attached hydrogens (tertiary/aromatic N) is 1. The molecule has 0 aliphatic heterocycles. The number of hydrogen-bond donors (Lipinski definition) is 1. The first-order chi connectivity index (χ1) is 12.1. The fraction of sp³-hybridized carbons (Fsp3) is 0.864.